The van der Waals surface area contributed by atoms with E-state index in [1.807, 2.05) is 6.08 Å². The molecule has 3 aliphatic rings. The van der Waals surface area contributed by atoms with Crippen LogP contribution in [0, 0.1) is 0 Å². The molecule has 2 aromatic carbocycles. The number of aliphatic hydroxyl groups is 1. The molecule has 222 valence electrons. The zero-order valence-electron chi connectivity index (χ0n) is 26.0. The van der Waals surface area contributed by atoms with Gasteiger partial charge in [0, 0.05) is 42.8 Å². The van der Waals surface area contributed by atoms with E-state index >= 15 is 0 Å². The third-order valence-electron chi connectivity index (χ3n) is 8.75. The topological polar surface area (TPSA) is 56.1 Å². The average Bonchev–Trinajstić information content (AvgIpc) is 3.60. The molecule has 2 aromatic rings. The van der Waals surface area contributed by atoms with Gasteiger partial charge in [0.2, 0.25) is 5.78 Å². The smallest absolute Gasteiger partial charge is 0.203 e. The molecule has 1 N–H and O–H groups in total. The number of Topliss-reactive ketones (excluding diaryl/α,β-unsaturated/α-hetero) is 1. The molecule has 0 saturated heterocycles. The summed E-state index contributed by atoms with van der Waals surface area (Å²) in [6, 6.07) is 13.0. The Bertz CT molecular complexity index is 1530. The predicted molar refractivity (Wildman–Crippen MR) is 176 cm³/mol. The lowest BCUT2D eigenvalue weighted by Gasteiger charge is -2.25. The lowest BCUT2D eigenvalue weighted by Crippen LogP contribution is -2.29. The molecule has 5 nitrogen and oxygen atoms in total. The van der Waals surface area contributed by atoms with Crippen LogP contribution in [0.25, 0.3) is 12.2 Å². The van der Waals surface area contributed by atoms with Crippen molar-refractivity contribution >= 4 is 29.3 Å². The molecule has 0 bridgehead atoms. The van der Waals surface area contributed by atoms with Gasteiger partial charge in [0.05, 0.1) is 22.2 Å². The van der Waals surface area contributed by atoms with Crippen molar-refractivity contribution in [1.82, 2.24) is 0 Å². The molecule has 42 heavy (non-hydrogen) atoms. The first-order chi connectivity index (χ1) is 20.5. The first-order valence-corrected chi connectivity index (χ1v) is 16.3. The van der Waals surface area contributed by atoms with E-state index in [1.54, 1.807) is 0 Å². The maximum atomic E-state index is 13.5. The summed E-state index contributed by atoms with van der Waals surface area (Å²) in [6.45, 7) is 13.1. The Labute approximate surface area is 251 Å². The number of fused-ring (bicyclic) bond motifs is 2. The summed E-state index contributed by atoms with van der Waals surface area (Å²) in [7, 11) is 0. The monoisotopic (exact) mass is 565 g/mol. The third-order valence-corrected chi connectivity index (χ3v) is 8.75. The van der Waals surface area contributed by atoms with Gasteiger partial charge in [-0.15, -0.1) is 0 Å². The van der Waals surface area contributed by atoms with E-state index < -0.39 is 0 Å². The number of allylic oxidation sites excluding steroid dienone is 4. The molecule has 0 atom stereocenters. The number of rotatable bonds is 15. The fraction of sp³-hybridized carbons (Fsp3) is 0.459. The molecule has 1 aliphatic heterocycles. The van der Waals surface area contributed by atoms with E-state index in [4.69, 9.17) is 4.99 Å². The third kappa shape index (κ3) is 6.11. The second-order valence-corrected chi connectivity index (χ2v) is 11.9. The van der Waals surface area contributed by atoms with Crippen molar-refractivity contribution < 1.29 is 9.90 Å². The number of hydrogen-bond donors (Lipinski definition) is 1. The van der Waals surface area contributed by atoms with Crippen molar-refractivity contribution in [3.63, 3.8) is 0 Å². The van der Waals surface area contributed by atoms with Crippen LogP contribution in [0.3, 0.4) is 0 Å². The molecule has 1 heterocycles. The van der Waals surface area contributed by atoms with E-state index in [9.17, 15) is 9.90 Å². The van der Waals surface area contributed by atoms with Crippen LogP contribution in [0.4, 0.5) is 11.4 Å². The van der Waals surface area contributed by atoms with Gasteiger partial charge >= 0.3 is 0 Å². The summed E-state index contributed by atoms with van der Waals surface area (Å²) >= 11 is 0. The lowest BCUT2D eigenvalue weighted by atomic mass is 9.81. The Morgan fingerprint density at radius 3 is 1.88 bits per heavy atom. The van der Waals surface area contributed by atoms with Gasteiger partial charge in [-0.25, -0.2) is 4.99 Å². The molecule has 5 heteroatoms. The molecule has 0 fully saturated rings. The Balaban J connectivity index is 1.36. The summed E-state index contributed by atoms with van der Waals surface area (Å²) in [6.07, 6.45) is 14.0. The first kappa shape index (κ1) is 29.9. The Hall–Kier alpha value is -3.60. The van der Waals surface area contributed by atoms with E-state index in [0.717, 1.165) is 73.6 Å². The zero-order chi connectivity index (χ0) is 29.6. The van der Waals surface area contributed by atoms with Gasteiger partial charge in [-0.2, -0.15) is 0 Å². The van der Waals surface area contributed by atoms with Gasteiger partial charge in [-0.05, 0) is 79.1 Å². The Kier molecular flexibility index (Phi) is 9.66. The summed E-state index contributed by atoms with van der Waals surface area (Å²) in [4.78, 5) is 23.2. The second-order valence-electron chi connectivity index (χ2n) is 11.9. The van der Waals surface area contributed by atoms with Crippen molar-refractivity contribution in [2.45, 2.75) is 85.5 Å². The maximum Gasteiger partial charge on any atom is 0.203 e. The van der Waals surface area contributed by atoms with Crippen molar-refractivity contribution in [2.24, 2.45) is 4.99 Å². The molecule has 0 radical (unpaired) electrons. The lowest BCUT2D eigenvalue weighted by molar-refractivity contribution is -0.113. The number of benzene rings is 2. The SMILES string of the molecule is CCCCN(CCCC)c1ccc2c(c1)CC(C1=C(O)C(=C3C=c4ccc(N(CCCC)CCCC)cc4=N3)C1=O)=C2. The van der Waals surface area contributed by atoms with Crippen LogP contribution in [0.5, 0.6) is 0 Å². The summed E-state index contributed by atoms with van der Waals surface area (Å²) in [5.74, 6) is -0.0165. The number of ketones is 1. The van der Waals surface area contributed by atoms with Gasteiger partial charge in [0.1, 0.15) is 5.76 Å². The summed E-state index contributed by atoms with van der Waals surface area (Å²) < 4.78 is 0. The van der Waals surface area contributed by atoms with Crippen LogP contribution in [0.2, 0.25) is 0 Å². The number of anilines is 2. The average molecular weight is 566 g/mol. The van der Waals surface area contributed by atoms with Gasteiger partial charge in [0.15, 0.2) is 0 Å². The molecule has 0 unspecified atom stereocenters. The van der Waals surface area contributed by atoms with Gasteiger partial charge < -0.3 is 14.9 Å². The molecule has 0 saturated carbocycles. The highest BCUT2D eigenvalue weighted by atomic mass is 16.3. The maximum absolute atomic E-state index is 13.5. The minimum absolute atomic E-state index is 0.0855. The number of carbonyl (C=O) groups is 1. The van der Waals surface area contributed by atoms with Gasteiger partial charge in [0.25, 0.3) is 0 Å². The largest absolute Gasteiger partial charge is 0.506 e. The van der Waals surface area contributed by atoms with E-state index in [0.29, 0.717) is 23.3 Å². The minimum atomic E-state index is -0.102. The van der Waals surface area contributed by atoms with Crippen LogP contribution >= 0.6 is 0 Å². The molecule has 0 spiro atoms. The molecule has 0 aromatic heterocycles. The quantitative estimate of drug-likeness (QED) is 0.232. The number of carbonyl (C=O) groups excluding carboxylic acids is 1. The Morgan fingerprint density at radius 1 is 0.738 bits per heavy atom. The van der Waals surface area contributed by atoms with Crippen LogP contribution in [-0.4, -0.2) is 37.1 Å². The minimum Gasteiger partial charge on any atom is -0.506 e. The zero-order valence-corrected chi connectivity index (χ0v) is 26.0. The van der Waals surface area contributed by atoms with E-state index in [-0.39, 0.29) is 11.5 Å². The van der Waals surface area contributed by atoms with Crippen molar-refractivity contribution in [3.8, 4) is 0 Å². The highest BCUT2D eigenvalue weighted by Gasteiger charge is 2.39. The number of aliphatic hydroxyl groups excluding tert-OH is 1. The second kappa shape index (κ2) is 13.6. The fourth-order valence-corrected chi connectivity index (χ4v) is 6.15. The molecule has 2 aliphatic carbocycles. The molecule has 5 rings (SSSR count). The van der Waals surface area contributed by atoms with Crippen LogP contribution in [-0.2, 0) is 11.2 Å². The number of hydrogen-bond acceptors (Lipinski definition) is 5. The fourth-order valence-electron chi connectivity index (χ4n) is 6.15. The van der Waals surface area contributed by atoms with Crippen LogP contribution in [0.15, 0.2) is 69.6 Å². The molecular formula is C37H47N3O2. The van der Waals surface area contributed by atoms with E-state index in [2.05, 4.69) is 80.0 Å². The Morgan fingerprint density at radius 2 is 1.31 bits per heavy atom. The highest BCUT2D eigenvalue weighted by molar-refractivity contribution is 6.23. The van der Waals surface area contributed by atoms with Crippen molar-refractivity contribution in [2.75, 3.05) is 36.0 Å². The highest BCUT2D eigenvalue weighted by Crippen LogP contribution is 2.41. The van der Waals surface area contributed by atoms with Crippen LogP contribution < -0.4 is 20.4 Å². The first-order valence-electron chi connectivity index (χ1n) is 16.3. The van der Waals surface area contributed by atoms with Crippen LogP contribution in [0.1, 0.15) is 90.2 Å². The summed E-state index contributed by atoms with van der Waals surface area (Å²) in [5.41, 5.74) is 7.07. The normalized spacial score (nSPS) is 17.0. The standard InChI is InChI=1S/C37H47N3O2/c1-5-9-17-39(18-10-6-2)30-15-13-26-21-29(22-28(26)23-30)34-36(41)35(37(34)42)33-24-27-14-16-31(25-32(27)38-33)40(19-11-7-3)20-12-8-4/h13-16,21,23-25,41H,5-12,17-20,22H2,1-4H3. The van der Waals surface area contributed by atoms with Crippen molar-refractivity contribution in [1.29, 1.82) is 0 Å². The van der Waals surface area contributed by atoms with Gasteiger partial charge in [-0.3, -0.25) is 4.79 Å². The van der Waals surface area contributed by atoms with Crippen molar-refractivity contribution in [3.05, 3.63) is 86.3 Å². The van der Waals surface area contributed by atoms with E-state index in [1.165, 1.54) is 42.6 Å². The molecule has 0 amide bonds. The number of nitrogens with zero attached hydrogens (tertiary/aromatic N) is 3. The number of unbranched alkanes of at least 4 members (excludes halogenated alkanes) is 4. The van der Waals surface area contributed by atoms with Gasteiger partial charge in [-0.1, -0.05) is 71.6 Å². The molecular weight excluding hydrogens is 518 g/mol. The predicted octanol–water partition coefficient (Wildman–Crippen LogP) is 7.20. The summed E-state index contributed by atoms with van der Waals surface area (Å²) in [5, 5.41) is 13.0.